The van der Waals surface area contributed by atoms with Crippen LogP contribution in [0.15, 0.2) is 42.7 Å². The highest BCUT2D eigenvalue weighted by Gasteiger charge is 2.19. The van der Waals surface area contributed by atoms with Crippen LogP contribution in [0.25, 0.3) is 16.9 Å². The summed E-state index contributed by atoms with van der Waals surface area (Å²) in [5, 5.41) is 1.10. The molecule has 3 rings (SSSR count). The second kappa shape index (κ2) is 6.05. The van der Waals surface area contributed by atoms with Gasteiger partial charge in [0.25, 0.3) is 5.91 Å². The van der Waals surface area contributed by atoms with Gasteiger partial charge in [0.1, 0.15) is 11.3 Å². The van der Waals surface area contributed by atoms with Gasteiger partial charge in [-0.15, -0.1) is 0 Å². The number of carbonyl (C=O) groups excluding carboxylic acids is 1. The third-order valence-corrected chi connectivity index (χ3v) is 3.49. The highest BCUT2D eigenvalue weighted by Crippen LogP contribution is 2.25. The zero-order chi connectivity index (χ0) is 16.4. The van der Waals surface area contributed by atoms with Crippen LogP contribution in [-0.2, 0) is 4.84 Å². The average molecular weight is 312 g/mol. The largest absolute Gasteiger partial charge is 0.479 e. The third-order valence-electron chi connectivity index (χ3n) is 3.49. The van der Waals surface area contributed by atoms with Crippen LogP contribution < -0.4 is 4.74 Å². The van der Waals surface area contributed by atoms with Gasteiger partial charge in [0.15, 0.2) is 5.69 Å². The van der Waals surface area contributed by atoms with Crippen molar-refractivity contribution in [2.45, 2.75) is 0 Å². The van der Waals surface area contributed by atoms with Crippen molar-refractivity contribution in [2.75, 3.05) is 21.3 Å². The number of aromatic nitrogens is 3. The second-order valence-corrected chi connectivity index (χ2v) is 4.82. The predicted octanol–water partition coefficient (Wildman–Crippen LogP) is 2.04. The molecule has 0 bridgehead atoms. The molecule has 0 saturated heterocycles. The number of hydrogen-bond acceptors (Lipinski definition) is 5. The fraction of sp³-hybridized carbons (Fsp3) is 0.188. The molecular formula is C16H16N4O3. The summed E-state index contributed by atoms with van der Waals surface area (Å²) in [4.78, 5) is 25.9. The Morgan fingerprint density at radius 3 is 2.61 bits per heavy atom. The van der Waals surface area contributed by atoms with Gasteiger partial charge in [-0.25, -0.2) is 15.0 Å². The summed E-state index contributed by atoms with van der Waals surface area (Å²) in [6.45, 7) is 0. The van der Waals surface area contributed by atoms with Crippen molar-refractivity contribution in [3.8, 4) is 17.3 Å². The quantitative estimate of drug-likeness (QED) is 0.690. The van der Waals surface area contributed by atoms with E-state index in [-0.39, 0.29) is 11.6 Å². The fourth-order valence-corrected chi connectivity index (χ4v) is 2.27. The Hall–Kier alpha value is -2.93. The molecule has 118 valence electrons. The molecule has 7 nitrogen and oxygen atoms in total. The lowest BCUT2D eigenvalue weighted by atomic mass is 10.2. The Morgan fingerprint density at radius 2 is 1.96 bits per heavy atom. The minimum atomic E-state index is -0.375. The van der Waals surface area contributed by atoms with Gasteiger partial charge < -0.3 is 4.74 Å². The standard InChI is InChI=1S/C16H16N4O3/c1-19(23-3)16(21)12-10-20-13(15(18-12)22-2)9-17-14(20)11-7-5-4-6-8-11/h4-10H,1-3H3. The molecule has 7 heteroatoms. The van der Waals surface area contributed by atoms with Crippen LogP contribution in [0.1, 0.15) is 10.5 Å². The lowest BCUT2D eigenvalue weighted by Gasteiger charge is -2.14. The van der Waals surface area contributed by atoms with Crippen LogP contribution in [0.5, 0.6) is 5.88 Å². The Kier molecular flexibility index (Phi) is 3.94. The molecule has 0 atom stereocenters. The van der Waals surface area contributed by atoms with Gasteiger partial charge in [-0.1, -0.05) is 30.3 Å². The Morgan fingerprint density at radius 1 is 1.22 bits per heavy atom. The molecule has 2 aromatic heterocycles. The topological polar surface area (TPSA) is 69.0 Å². The maximum atomic E-state index is 12.3. The monoisotopic (exact) mass is 312 g/mol. The lowest BCUT2D eigenvalue weighted by Crippen LogP contribution is -2.26. The van der Waals surface area contributed by atoms with Gasteiger partial charge in [-0.2, -0.15) is 0 Å². The normalized spacial score (nSPS) is 10.7. The molecule has 0 radical (unpaired) electrons. The summed E-state index contributed by atoms with van der Waals surface area (Å²) in [5.74, 6) is 0.658. The summed E-state index contributed by atoms with van der Waals surface area (Å²) >= 11 is 0. The molecule has 3 aromatic rings. The molecule has 0 aliphatic rings. The first kappa shape index (κ1) is 15.0. The molecule has 0 N–H and O–H groups in total. The van der Waals surface area contributed by atoms with Crippen LogP contribution in [0.2, 0.25) is 0 Å². The zero-order valence-electron chi connectivity index (χ0n) is 13.1. The minimum absolute atomic E-state index is 0.203. The van der Waals surface area contributed by atoms with Crippen LogP contribution in [0.4, 0.5) is 0 Å². The van der Waals surface area contributed by atoms with E-state index in [1.807, 2.05) is 30.3 Å². The smallest absolute Gasteiger partial charge is 0.297 e. The van der Waals surface area contributed by atoms with Crippen LogP contribution >= 0.6 is 0 Å². The fourth-order valence-electron chi connectivity index (χ4n) is 2.27. The van der Waals surface area contributed by atoms with Crippen LogP contribution in [-0.4, -0.2) is 46.6 Å². The molecular weight excluding hydrogens is 296 g/mol. The van der Waals surface area contributed by atoms with Crippen molar-refractivity contribution in [1.29, 1.82) is 0 Å². The maximum absolute atomic E-state index is 12.3. The number of hydrogen-bond donors (Lipinski definition) is 0. The number of carbonyl (C=O) groups is 1. The van der Waals surface area contributed by atoms with E-state index >= 15 is 0 Å². The number of fused-ring (bicyclic) bond motifs is 1. The summed E-state index contributed by atoms with van der Waals surface area (Å²) in [7, 11) is 4.44. The van der Waals surface area contributed by atoms with Gasteiger partial charge in [0, 0.05) is 18.8 Å². The zero-order valence-corrected chi connectivity index (χ0v) is 13.1. The molecule has 0 unspecified atom stereocenters. The highest BCUT2D eigenvalue weighted by atomic mass is 16.7. The number of methoxy groups -OCH3 is 1. The molecule has 23 heavy (non-hydrogen) atoms. The maximum Gasteiger partial charge on any atom is 0.297 e. The molecule has 0 fully saturated rings. The molecule has 0 aliphatic carbocycles. The van der Waals surface area contributed by atoms with Gasteiger partial charge >= 0.3 is 0 Å². The van der Waals surface area contributed by atoms with E-state index in [1.165, 1.54) is 21.3 Å². The summed E-state index contributed by atoms with van der Waals surface area (Å²) in [6.07, 6.45) is 3.30. The second-order valence-electron chi connectivity index (χ2n) is 4.82. The molecule has 0 spiro atoms. The number of rotatable bonds is 4. The van der Waals surface area contributed by atoms with Crippen molar-refractivity contribution < 1.29 is 14.4 Å². The van der Waals surface area contributed by atoms with E-state index in [4.69, 9.17) is 9.57 Å². The first-order valence-electron chi connectivity index (χ1n) is 6.95. The van der Waals surface area contributed by atoms with E-state index < -0.39 is 0 Å². The summed E-state index contributed by atoms with van der Waals surface area (Å²) in [5.41, 5.74) is 1.82. The van der Waals surface area contributed by atoms with Crippen LogP contribution in [0.3, 0.4) is 0 Å². The van der Waals surface area contributed by atoms with Crippen molar-refractivity contribution in [3.05, 3.63) is 48.4 Å². The van der Waals surface area contributed by atoms with Gasteiger partial charge in [0.2, 0.25) is 5.88 Å². The van der Waals surface area contributed by atoms with E-state index in [2.05, 4.69) is 9.97 Å². The van der Waals surface area contributed by atoms with Crippen molar-refractivity contribution in [3.63, 3.8) is 0 Å². The van der Waals surface area contributed by atoms with Crippen LogP contribution in [0, 0.1) is 0 Å². The summed E-state index contributed by atoms with van der Waals surface area (Å²) < 4.78 is 7.09. The van der Waals surface area contributed by atoms with Gasteiger partial charge in [-0.3, -0.25) is 14.0 Å². The van der Waals surface area contributed by atoms with Gasteiger partial charge in [-0.05, 0) is 0 Å². The molecule has 0 saturated carbocycles. The molecule has 0 aliphatic heterocycles. The number of benzene rings is 1. The Bertz CT molecular complexity index is 845. The van der Waals surface area contributed by atoms with Crippen molar-refractivity contribution >= 4 is 11.4 Å². The van der Waals surface area contributed by atoms with E-state index in [0.717, 1.165) is 10.6 Å². The average Bonchev–Trinajstić information content (AvgIpc) is 3.04. The van der Waals surface area contributed by atoms with E-state index in [9.17, 15) is 4.79 Å². The number of nitrogens with zero attached hydrogens (tertiary/aromatic N) is 4. The van der Waals surface area contributed by atoms with Crippen molar-refractivity contribution in [1.82, 2.24) is 19.4 Å². The minimum Gasteiger partial charge on any atom is -0.479 e. The number of ether oxygens (including phenoxy) is 1. The van der Waals surface area contributed by atoms with Gasteiger partial charge in [0.05, 0.1) is 20.4 Å². The summed E-state index contributed by atoms with van der Waals surface area (Å²) in [6, 6.07) is 9.69. The first-order chi connectivity index (χ1) is 11.2. The lowest BCUT2D eigenvalue weighted by molar-refractivity contribution is -0.0761. The predicted molar refractivity (Wildman–Crippen MR) is 84.1 cm³/mol. The third kappa shape index (κ3) is 2.62. The molecule has 1 amide bonds. The van der Waals surface area contributed by atoms with E-state index in [1.54, 1.807) is 16.8 Å². The Balaban J connectivity index is 2.20. The van der Waals surface area contributed by atoms with Crippen molar-refractivity contribution in [2.24, 2.45) is 0 Å². The molecule has 2 heterocycles. The van der Waals surface area contributed by atoms with E-state index in [0.29, 0.717) is 17.2 Å². The highest BCUT2D eigenvalue weighted by molar-refractivity contribution is 5.92. The molecule has 1 aromatic carbocycles. The SMILES string of the molecule is COc1nc(C(=O)N(C)OC)cn2c(-c3ccccc3)ncc12. The number of hydroxylamine groups is 2. The first-order valence-corrected chi connectivity index (χ1v) is 6.95. The number of imidazole rings is 1. The Labute approximate surface area is 133 Å². The number of amides is 1.